The Morgan fingerprint density at radius 3 is 2.65 bits per heavy atom. The number of aromatic nitrogens is 1. The molecule has 0 aliphatic heterocycles. The van der Waals surface area contributed by atoms with Crippen LogP contribution in [0.25, 0.3) is 33.0 Å². The van der Waals surface area contributed by atoms with E-state index >= 15 is 0 Å². The van der Waals surface area contributed by atoms with E-state index in [4.69, 9.17) is 4.42 Å². The molecule has 1 aromatic heterocycles. The fourth-order valence-electron chi connectivity index (χ4n) is 2.81. The van der Waals surface area contributed by atoms with Gasteiger partial charge in [-0.3, -0.25) is 4.79 Å². The van der Waals surface area contributed by atoms with Gasteiger partial charge in [0.05, 0.1) is 5.69 Å². The van der Waals surface area contributed by atoms with Gasteiger partial charge >= 0.3 is 0 Å². The van der Waals surface area contributed by atoms with Crippen molar-refractivity contribution in [3.8, 4) is 5.75 Å². The van der Waals surface area contributed by atoms with Crippen LogP contribution in [0.15, 0.2) is 56.7 Å². The second kappa shape index (κ2) is 5.84. The molecule has 130 valence electrons. The van der Waals surface area contributed by atoms with E-state index in [1.165, 1.54) is 18.2 Å². The lowest BCUT2D eigenvalue weighted by Crippen LogP contribution is -2.17. The lowest BCUT2D eigenvalue weighted by Gasteiger charge is -2.11. The molecule has 1 N–H and O–H groups in total. The standard InChI is InChI=1S/C20H17N3O3/c1-11(23(2)3)21-12-4-7-16-18(8-12)26-19-10-17(25)14-6-5-13(24)9-15(14)20(19)22-16/h4-10,25H,1-3H3. The number of nitrogens with zero attached hydrogens (tertiary/aromatic N) is 3. The summed E-state index contributed by atoms with van der Waals surface area (Å²) in [6.45, 7) is 1.92. The van der Waals surface area contributed by atoms with Gasteiger partial charge in [0.2, 0.25) is 0 Å². The maximum absolute atomic E-state index is 11.7. The molecule has 6 nitrogen and oxygen atoms in total. The fourth-order valence-corrected chi connectivity index (χ4v) is 2.81. The Morgan fingerprint density at radius 1 is 1.08 bits per heavy atom. The molecule has 4 rings (SSSR count). The molecule has 0 amide bonds. The molecule has 0 radical (unpaired) electrons. The largest absolute Gasteiger partial charge is 0.507 e. The average Bonchev–Trinajstić information content (AvgIpc) is 2.60. The first-order chi connectivity index (χ1) is 12.4. The topological polar surface area (TPSA) is 78.9 Å². The summed E-state index contributed by atoms with van der Waals surface area (Å²) in [7, 11) is 3.86. The van der Waals surface area contributed by atoms with Gasteiger partial charge in [0.15, 0.2) is 16.6 Å². The SMILES string of the molecule is CC(=Nc1ccc2nc3c(cc(O)c4ccc(=O)cc43)oc2c1)N(C)C. The number of phenols is 1. The van der Waals surface area contributed by atoms with E-state index in [9.17, 15) is 9.90 Å². The smallest absolute Gasteiger partial charge is 0.179 e. The second-order valence-corrected chi connectivity index (χ2v) is 6.37. The normalized spacial score (nSPS) is 12.2. The molecule has 1 heterocycles. The van der Waals surface area contributed by atoms with Crippen molar-refractivity contribution in [2.45, 2.75) is 6.92 Å². The van der Waals surface area contributed by atoms with Crippen LogP contribution in [-0.4, -0.2) is 34.9 Å². The number of aromatic hydroxyl groups is 1. The Hall–Kier alpha value is -3.41. The first-order valence-electron chi connectivity index (χ1n) is 8.15. The van der Waals surface area contributed by atoms with E-state index in [2.05, 4.69) is 9.98 Å². The molecule has 0 aliphatic carbocycles. The third-order valence-corrected chi connectivity index (χ3v) is 4.36. The third-order valence-electron chi connectivity index (χ3n) is 4.36. The van der Waals surface area contributed by atoms with E-state index in [1.807, 2.05) is 38.1 Å². The minimum atomic E-state index is -0.143. The highest BCUT2D eigenvalue weighted by Crippen LogP contribution is 2.33. The lowest BCUT2D eigenvalue weighted by molar-refractivity contribution is 0.481. The highest BCUT2D eigenvalue weighted by Gasteiger charge is 2.11. The molecule has 0 bridgehead atoms. The zero-order chi connectivity index (χ0) is 18.4. The van der Waals surface area contributed by atoms with E-state index in [0.717, 1.165) is 11.5 Å². The molecule has 0 aliphatic rings. The number of amidine groups is 1. The summed E-state index contributed by atoms with van der Waals surface area (Å²) < 4.78 is 5.95. The molecule has 0 saturated heterocycles. The number of phenolic OH excluding ortho intramolecular Hbond substituents is 1. The lowest BCUT2D eigenvalue weighted by atomic mass is 10.1. The summed E-state index contributed by atoms with van der Waals surface area (Å²) in [6, 6.07) is 11.5. The van der Waals surface area contributed by atoms with Gasteiger partial charge in [-0.05, 0) is 37.3 Å². The predicted octanol–water partition coefficient (Wildman–Crippen LogP) is 3.81. The number of aliphatic imine (C=N–C) groups is 1. The Bertz CT molecular complexity index is 1260. The maximum Gasteiger partial charge on any atom is 0.179 e. The molecular weight excluding hydrogens is 330 g/mol. The van der Waals surface area contributed by atoms with Gasteiger partial charge < -0.3 is 14.4 Å². The van der Waals surface area contributed by atoms with Gasteiger partial charge in [-0.2, -0.15) is 0 Å². The minimum Gasteiger partial charge on any atom is -0.507 e. The molecule has 0 saturated carbocycles. The monoisotopic (exact) mass is 347 g/mol. The Balaban J connectivity index is 2.00. The van der Waals surface area contributed by atoms with Gasteiger partial charge in [-0.1, -0.05) is 0 Å². The summed E-state index contributed by atoms with van der Waals surface area (Å²) in [5.41, 5.74) is 2.78. The Labute approximate surface area is 149 Å². The molecule has 0 unspecified atom stereocenters. The van der Waals surface area contributed by atoms with Crippen LogP contribution in [0.4, 0.5) is 5.69 Å². The van der Waals surface area contributed by atoms with Crippen molar-refractivity contribution >= 4 is 44.5 Å². The molecule has 0 atom stereocenters. The number of rotatable bonds is 1. The molecule has 4 aromatic rings. The number of benzene rings is 3. The van der Waals surface area contributed by atoms with E-state index in [0.29, 0.717) is 33.0 Å². The van der Waals surface area contributed by atoms with Crippen LogP contribution in [0.3, 0.4) is 0 Å². The number of hydrogen-bond donors (Lipinski definition) is 1. The number of fused-ring (bicyclic) bond motifs is 4. The first kappa shape index (κ1) is 16.1. The summed E-state index contributed by atoms with van der Waals surface area (Å²) >= 11 is 0. The summed E-state index contributed by atoms with van der Waals surface area (Å²) in [5.74, 6) is 0.916. The molecule has 3 aromatic carbocycles. The summed E-state index contributed by atoms with van der Waals surface area (Å²) in [4.78, 5) is 22.8. The van der Waals surface area contributed by atoms with Crippen molar-refractivity contribution < 1.29 is 9.52 Å². The predicted molar refractivity (Wildman–Crippen MR) is 103 cm³/mol. The van der Waals surface area contributed by atoms with E-state index in [1.54, 1.807) is 12.1 Å². The molecule has 0 spiro atoms. The highest BCUT2D eigenvalue weighted by atomic mass is 16.3. The van der Waals surface area contributed by atoms with E-state index < -0.39 is 0 Å². The van der Waals surface area contributed by atoms with Gasteiger partial charge in [0, 0.05) is 37.0 Å². The van der Waals surface area contributed by atoms with E-state index in [-0.39, 0.29) is 11.2 Å². The Morgan fingerprint density at radius 2 is 1.88 bits per heavy atom. The van der Waals surface area contributed by atoms with Crippen molar-refractivity contribution in [3.05, 3.63) is 52.7 Å². The third kappa shape index (κ3) is 2.65. The zero-order valence-electron chi connectivity index (χ0n) is 14.6. The fraction of sp³-hybridized carbons (Fsp3) is 0.150. The quantitative estimate of drug-likeness (QED) is 0.245. The minimum absolute atomic E-state index is 0.0510. The van der Waals surface area contributed by atoms with Crippen molar-refractivity contribution in [3.63, 3.8) is 0 Å². The maximum atomic E-state index is 11.7. The zero-order valence-corrected chi connectivity index (χ0v) is 14.6. The van der Waals surface area contributed by atoms with Crippen molar-refractivity contribution in [2.24, 2.45) is 4.99 Å². The van der Waals surface area contributed by atoms with Gasteiger partial charge in [-0.25, -0.2) is 9.98 Å². The van der Waals surface area contributed by atoms with Crippen molar-refractivity contribution in [2.75, 3.05) is 14.1 Å². The van der Waals surface area contributed by atoms with Crippen molar-refractivity contribution in [1.29, 1.82) is 0 Å². The first-order valence-corrected chi connectivity index (χ1v) is 8.15. The summed E-state index contributed by atoms with van der Waals surface area (Å²) in [5, 5.41) is 11.4. The van der Waals surface area contributed by atoms with Crippen LogP contribution < -0.4 is 5.43 Å². The average molecular weight is 347 g/mol. The summed E-state index contributed by atoms with van der Waals surface area (Å²) in [6.07, 6.45) is 0. The van der Waals surface area contributed by atoms with Crippen LogP contribution in [0.5, 0.6) is 5.75 Å². The van der Waals surface area contributed by atoms with Crippen LogP contribution in [0, 0.1) is 0 Å². The van der Waals surface area contributed by atoms with Crippen LogP contribution >= 0.6 is 0 Å². The number of hydrogen-bond acceptors (Lipinski definition) is 5. The van der Waals surface area contributed by atoms with Crippen LogP contribution in [0.2, 0.25) is 0 Å². The van der Waals surface area contributed by atoms with Gasteiger partial charge in [0.1, 0.15) is 22.6 Å². The molecule has 0 fully saturated rings. The molecule has 26 heavy (non-hydrogen) atoms. The van der Waals surface area contributed by atoms with Crippen LogP contribution in [-0.2, 0) is 0 Å². The Kier molecular flexibility index (Phi) is 3.61. The highest BCUT2D eigenvalue weighted by molar-refractivity contribution is 6.07. The van der Waals surface area contributed by atoms with Gasteiger partial charge in [-0.15, -0.1) is 0 Å². The second-order valence-electron chi connectivity index (χ2n) is 6.37. The van der Waals surface area contributed by atoms with Crippen molar-refractivity contribution in [1.82, 2.24) is 9.88 Å². The van der Waals surface area contributed by atoms with Gasteiger partial charge in [0.25, 0.3) is 0 Å². The van der Waals surface area contributed by atoms with Crippen LogP contribution in [0.1, 0.15) is 6.92 Å². The molecule has 6 heteroatoms. The molecular formula is C20H17N3O3.